The van der Waals surface area contributed by atoms with Gasteiger partial charge in [-0.2, -0.15) is 0 Å². The van der Waals surface area contributed by atoms with Crippen LogP contribution in [-0.2, 0) is 0 Å². The van der Waals surface area contributed by atoms with Gasteiger partial charge in [0.25, 0.3) is 11.8 Å². The molecule has 8 heteroatoms. The number of nitrogens with zero attached hydrogens (tertiary/aromatic N) is 4. The lowest BCUT2D eigenvalue weighted by Crippen LogP contribution is -2.29. The SMILES string of the molecule is O=C1c2ccccc2C(=O)N1CSc1nnc2c(n1)[nH]c1ccccc12. The molecule has 1 N–H and O–H groups in total. The summed E-state index contributed by atoms with van der Waals surface area (Å²) in [4.78, 5) is 33.6. The first-order chi connectivity index (χ1) is 12.7. The van der Waals surface area contributed by atoms with Crippen molar-refractivity contribution in [3.05, 3.63) is 59.7 Å². The number of amides is 2. The van der Waals surface area contributed by atoms with Gasteiger partial charge in [0.1, 0.15) is 5.52 Å². The second kappa shape index (κ2) is 5.63. The highest BCUT2D eigenvalue weighted by Crippen LogP contribution is 2.27. The molecule has 26 heavy (non-hydrogen) atoms. The second-order valence-electron chi connectivity index (χ2n) is 5.82. The first kappa shape index (κ1) is 15.0. The molecule has 2 amide bonds. The monoisotopic (exact) mass is 361 g/mol. The number of carbonyl (C=O) groups is 2. The Morgan fingerprint density at radius 2 is 1.62 bits per heavy atom. The van der Waals surface area contributed by atoms with Gasteiger partial charge < -0.3 is 4.98 Å². The maximum absolute atomic E-state index is 12.4. The zero-order valence-electron chi connectivity index (χ0n) is 13.3. The third-order valence-electron chi connectivity index (χ3n) is 4.30. The Labute approximate surface area is 151 Å². The summed E-state index contributed by atoms with van der Waals surface area (Å²) in [5.74, 6) is -0.449. The molecule has 2 aromatic heterocycles. The average Bonchev–Trinajstić information content (AvgIpc) is 3.16. The molecule has 4 aromatic rings. The minimum atomic E-state index is -0.294. The minimum absolute atomic E-state index is 0.139. The molecular formula is C18H11N5O2S. The molecular weight excluding hydrogens is 350 g/mol. The van der Waals surface area contributed by atoms with E-state index in [-0.39, 0.29) is 17.7 Å². The molecule has 0 fully saturated rings. The lowest BCUT2D eigenvalue weighted by molar-refractivity contribution is 0.0684. The Morgan fingerprint density at radius 3 is 2.38 bits per heavy atom. The van der Waals surface area contributed by atoms with Gasteiger partial charge in [-0.05, 0) is 18.2 Å². The fourth-order valence-corrected chi connectivity index (χ4v) is 3.78. The standard InChI is InChI=1S/C18H11N5O2S/c24-16-10-5-1-2-6-11(10)17(25)23(16)9-26-18-20-15-14(21-22-18)12-7-3-4-8-13(12)19-15/h1-8H,9H2,(H,19,20,22). The molecule has 5 rings (SSSR count). The molecule has 0 bridgehead atoms. The van der Waals surface area contributed by atoms with E-state index in [1.54, 1.807) is 24.3 Å². The normalized spacial score (nSPS) is 13.8. The van der Waals surface area contributed by atoms with Gasteiger partial charge in [0.2, 0.25) is 5.16 Å². The van der Waals surface area contributed by atoms with Crippen molar-refractivity contribution in [1.29, 1.82) is 0 Å². The third-order valence-corrected chi connectivity index (χ3v) is 5.12. The molecule has 126 valence electrons. The van der Waals surface area contributed by atoms with E-state index in [0.29, 0.717) is 27.4 Å². The highest BCUT2D eigenvalue weighted by molar-refractivity contribution is 7.99. The molecule has 0 spiro atoms. The highest BCUT2D eigenvalue weighted by Gasteiger charge is 2.35. The number of carbonyl (C=O) groups excluding carboxylic acids is 2. The first-order valence-corrected chi connectivity index (χ1v) is 8.90. The molecule has 0 saturated carbocycles. The van der Waals surface area contributed by atoms with Gasteiger partial charge in [0.15, 0.2) is 5.65 Å². The van der Waals surface area contributed by atoms with E-state index in [9.17, 15) is 9.59 Å². The number of aromatic amines is 1. The number of hydrogen-bond acceptors (Lipinski definition) is 6. The summed E-state index contributed by atoms with van der Waals surface area (Å²) in [5, 5.41) is 9.72. The van der Waals surface area contributed by atoms with Gasteiger partial charge in [-0.3, -0.25) is 14.5 Å². The number of nitrogens with one attached hydrogen (secondary N) is 1. The number of benzene rings is 2. The van der Waals surface area contributed by atoms with Crippen LogP contribution in [0.25, 0.3) is 22.1 Å². The number of hydrogen-bond donors (Lipinski definition) is 1. The van der Waals surface area contributed by atoms with Crippen LogP contribution in [0.4, 0.5) is 0 Å². The van der Waals surface area contributed by atoms with Crippen molar-refractivity contribution in [3.63, 3.8) is 0 Å². The fourth-order valence-electron chi connectivity index (χ4n) is 3.05. The van der Waals surface area contributed by atoms with Crippen LogP contribution in [-0.4, -0.2) is 42.8 Å². The number of aromatic nitrogens is 4. The van der Waals surface area contributed by atoms with Crippen LogP contribution < -0.4 is 0 Å². The number of fused-ring (bicyclic) bond motifs is 4. The van der Waals surface area contributed by atoms with Crippen molar-refractivity contribution in [3.8, 4) is 0 Å². The number of H-pyrrole nitrogens is 1. The van der Waals surface area contributed by atoms with Crippen LogP contribution in [0.5, 0.6) is 0 Å². The summed E-state index contributed by atoms with van der Waals surface area (Å²) in [7, 11) is 0. The predicted molar refractivity (Wildman–Crippen MR) is 96.9 cm³/mol. The van der Waals surface area contributed by atoms with Crippen molar-refractivity contribution in [2.45, 2.75) is 5.16 Å². The van der Waals surface area contributed by atoms with Crippen molar-refractivity contribution in [2.24, 2.45) is 0 Å². The molecule has 0 radical (unpaired) electrons. The molecule has 1 aliphatic rings. The largest absolute Gasteiger partial charge is 0.338 e. The van der Waals surface area contributed by atoms with Gasteiger partial charge in [0.05, 0.1) is 17.0 Å². The summed E-state index contributed by atoms with van der Waals surface area (Å²) < 4.78 is 0. The van der Waals surface area contributed by atoms with E-state index in [1.165, 1.54) is 16.7 Å². The summed E-state index contributed by atoms with van der Waals surface area (Å²) in [6.45, 7) is 0. The van der Waals surface area contributed by atoms with E-state index in [4.69, 9.17) is 0 Å². The second-order valence-corrected chi connectivity index (χ2v) is 6.73. The first-order valence-electron chi connectivity index (χ1n) is 7.91. The smallest absolute Gasteiger partial charge is 0.262 e. The van der Waals surface area contributed by atoms with E-state index < -0.39 is 0 Å². The molecule has 7 nitrogen and oxygen atoms in total. The summed E-state index contributed by atoms with van der Waals surface area (Å²) in [5.41, 5.74) is 3.13. The van der Waals surface area contributed by atoms with Crippen LogP contribution in [0.1, 0.15) is 20.7 Å². The Morgan fingerprint density at radius 1 is 0.923 bits per heavy atom. The Balaban J connectivity index is 1.41. The Kier molecular flexibility index (Phi) is 3.26. The van der Waals surface area contributed by atoms with Crippen molar-refractivity contribution in [1.82, 2.24) is 25.1 Å². The van der Waals surface area contributed by atoms with E-state index in [2.05, 4.69) is 20.2 Å². The fraction of sp³-hybridized carbons (Fsp3) is 0.0556. The molecule has 1 aliphatic heterocycles. The molecule has 0 atom stereocenters. The average molecular weight is 361 g/mol. The van der Waals surface area contributed by atoms with Gasteiger partial charge in [-0.25, -0.2) is 4.98 Å². The highest BCUT2D eigenvalue weighted by atomic mass is 32.2. The maximum atomic E-state index is 12.4. The lowest BCUT2D eigenvalue weighted by Gasteiger charge is -2.11. The number of rotatable bonds is 3. The Hall–Kier alpha value is -3.26. The lowest BCUT2D eigenvalue weighted by atomic mass is 10.1. The van der Waals surface area contributed by atoms with E-state index >= 15 is 0 Å². The summed E-state index contributed by atoms with van der Waals surface area (Å²) >= 11 is 1.20. The Bertz CT molecular complexity index is 1170. The number of thioether (sulfide) groups is 1. The van der Waals surface area contributed by atoms with Crippen molar-refractivity contribution >= 4 is 45.6 Å². The van der Waals surface area contributed by atoms with Gasteiger partial charge in [0, 0.05) is 10.9 Å². The van der Waals surface area contributed by atoms with Crippen molar-refractivity contribution < 1.29 is 9.59 Å². The maximum Gasteiger partial charge on any atom is 0.262 e. The van der Waals surface area contributed by atoms with Crippen LogP contribution >= 0.6 is 11.8 Å². The zero-order chi connectivity index (χ0) is 17.7. The van der Waals surface area contributed by atoms with Crippen LogP contribution in [0, 0.1) is 0 Å². The summed E-state index contributed by atoms with van der Waals surface area (Å²) in [6.07, 6.45) is 0. The molecule has 3 heterocycles. The quantitative estimate of drug-likeness (QED) is 0.446. The molecule has 0 aliphatic carbocycles. The zero-order valence-corrected chi connectivity index (χ0v) is 14.2. The molecule has 0 unspecified atom stereocenters. The predicted octanol–water partition coefficient (Wildman–Crippen LogP) is 2.85. The topological polar surface area (TPSA) is 91.8 Å². The summed E-state index contributed by atoms with van der Waals surface area (Å²) in [6, 6.07) is 14.6. The van der Waals surface area contributed by atoms with E-state index in [0.717, 1.165) is 10.9 Å². The number of imide groups is 1. The van der Waals surface area contributed by atoms with Gasteiger partial charge in [-0.1, -0.05) is 42.1 Å². The van der Waals surface area contributed by atoms with Crippen LogP contribution in [0.3, 0.4) is 0 Å². The van der Waals surface area contributed by atoms with Crippen LogP contribution in [0.2, 0.25) is 0 Å². The van der Waals surface area contributed by atoms with E-state index in [1.807, 2.05) is 24.3 Å². The van der Waals surface area contributed by atoms with Crippen molar-refractivity contribution in [2.75, 3.05) is 5.88 Å². The number of para-hydroxylation sites is 1. The van der Waals surface area contributed by atoms with Gasteiger partial charge >= 0.3 is 0 Å². The molecule has 0 saturated heterocycles. The van der Waals surface area contributed by atoms with Gasteiger partial charge in [-0.15, -0.1) is 10.2 Å². The molecule has 2 aromatic carbocycles. The minimum Gasteiger partial charge on any atom is -0.338 e. The van der Waals surface area contributed by atoms with Crippen LogP contribution in [0.15, 0.2) is 53.7 Å². The third kappa shape index (κ3) is 2.19.